The summed E-state index contributed by atoms with van der Waals surface area (Å²) in [6.07, 6.45) is 0. The number of hydrogen-bond acceptors (Lipinski definition) is 5. The molecule has 0 aromatic heterocycles. The lowest BCUT2D eigenvalue weighted by atomic mass is 10.1. The molecule has 6 nitrogen and oxygen atoms in total. The van der Waals surface area contributed by atoms with E-state index in [-0.39, 0.29) is 5.71 Å². The van der Waals surface area contributed by atoms with Gasteiger partial charge in [-0.2, -0.15) is 5.26 Å². The van der Waals surface area contributed by atoms with E-state index in [0.717, 1.165) is 0 Å². The predicted molar refractivity (Wildman–Crippen MR) is 69.1 cm³/mol. The Labute approximate surface area is 110 Å². The molecule has 19 heavy (non-hydrogen) atoms. The first-order chi connectivity index (χ1) is 9.04. The highest BCUT2D eigenvalue weighted by atomic mass is 16.5. The molecule has 100 valence electrons. The fraction of sp³-hybridized carbons (Fsp3) is 0.308. The number of rotatable bonds is 5. The average molecular weight is 262 g/mol. The van der Waals surface area contributed by atoms with Crippen LogP contribution in [-0.2, 0) is 4.79 Å². The number of ether oxygens (including phenoxy) is 2. The molecule has 0 heterocycles. The van der Waals surface area contributed by atoms with Crippen molar-refractivity contribution in [3.63, 3.8) is 0 Å². The molecule has 0 radical (unpaired) electrons. The van der Waals surface area contributed by atoms with Crippen LogP contribution in [0.3, 0.4) is 0 Å². The highest BCUT2D eigenvalue weighted by Gasteiger charge is 2.21. The monoisotopic (exact) mass is 262 g/mol. The average Bonchev–Trinajstić information content (AvgIpc) is 2.39. The summed E-state index contributed by atoms with van der Waals surface area (Å²) in [7, 11) is 2.95. The molecule has 0 fully saturated rings. The predicted octanol–water partition coefficient (Wildman–Crippen LogP) is 2.02. The number of nitriles is 1. The Morgan fingerprint density at radius 1 is 1.37 bits per heavy atom. The normalized spacial score (nSPS) is 12.4. The van der Waals surface area contributed by atoms with E-state index in [1.807, 2.05) is 0 Å². The zero-order valence-corrected chi connectivity index (χ0v) is 10.9. The standard InChI is InChI=1S/C13H14N2O4/c1-8(9(7-14)13(16)17)15-12-10(18-2)5-4-6-11(12)19-3/h4-6,9H,1-3H3,(H,16,17). The van der Waals surface area contributed by atoms with Gasteiger partial charge in [0.15, 0.2) is 5.92 Å². The van der Waals surface area contributed by atoms with Crippen molar-refractivity contribution in [2.24, 2.45) is 10.9 Å². The number of carbonyl (C=O) groups is 1. The van der Waals surface area contributed by atoms with E-state index >= 15 is 0 Å². The molecule has 0 aliphatic rings. The summed E-state index contributed by atoms with van der Waals surface area (Å²) >= 11 is 0. The van der Waals surface area contributed by atoms with Gasteiger partial charge in [0.25, 0.3) is 0 Å². The SMILES string of the molecule is COc1cccc(OC)c1N=C(C)C(C#N)C(=O)O. The Kier molecular flexibility index (Phi) is 4.89. The Balaban J connectivity index is 3.30. The lowest BCUT2D eigenvalue weighted by Gasteiger charge is -2.11. The molecule has 1 atom stereocenters. The summed E-state index contributed by atoms with van der Waals surface area (Å²) in [6, 6.07) is 6.77. The lowest BCUT2D eigenvalue weighted by Crippen LogP contribution is -2.19. The first kappa shape index (κ1) is 14.5. The summed E-state index contributed by atoms with van der Waals surface area (Å²) in [6.45, 7) is 1.48. The van der Waals surface area contributed by atoms with Gasteiger partial charge < -0.3 is 14.6 Å². The Morgan fingerprint density at radius 3 is 2.26 bits per heavy atom. The molecule has 1 aromatic rings. The number of carboxylic acids is 1. The number of nitrogens with zero attached hydrogens (tertiary/aromatic N) is 2. The minimum absolute atomic E-state index is 0.165. The first-order valence-electron chi connectivity index (χ1n) is 5.43. The largest absolute Gasteiger partial charge is 0.494 e. The van der Waals surface area contributed by atoms with Crippen LogP contribution in [0.25, 0.3) is 0 Å². The van der Waals surface area contributed by atoms with E-state index in [4.69, 9.17) is 19.8 Å². The molecule has 0 aliphatic heterocycles. The smallest absolute Gasteiger partial charge is 0.326 e. The number of aliphatic carboxylic acids is 1. The first-order valence-corrected chi connectivity index (χ1v) is 5.43. The maximum absolute atomic E-state index is 10.9. The van der Waals surface area contributed by atoms with Gasteiger partial charge in [0.05, 0.1) is 20.3 Å². The number of aliphatic imine (C=N–C) groups is 1. The fourth-order valence-electron chi connectivity index (χ4n) is 1.51. The zero-order valence-electron chi connectivity index (χ0n) is 10.9. The minimum Gasteiger partial charge on any atom is -0.494 e. The van der Waals surface area contributed by atoms with E-state index in [1.54, 1.807) is 24.3 Å². The van der Waals surface area contributed by atoms with Crippen molar-refractivity contribution in [2.45, 2.75) is 6.92 Å². The van der Waals surface area contributed by atoms with Gasteiger partial charge in [-0.15, -0.1) is 0 Å². The van der Waals surface area contributed by atoms with E-state index in [0.29, 0.717) is 17.2 Å². The molecule has 0 spiro atoms. The second-order valence-corrected chi connectivity index (χ2v) is 3.66. The quantitative estimate of drug-likeness (QED) is 0.819. The van der Waals surface area contributed by atoms with Gasteiger partial charge >= 0.3 is 5.97 Å². The van der Waals surface area contributed by atoms with Crippen molar-refractivity contribution < 1.29 is 19.4 Å². The molecular formula is C13H14N2O4. The van der Waals surface area contributed by atoms with Gasteiger partial charge in [-0.3, -0.25) is 4.79 Å². The lowest BCUT2D eigenvalue weighted by molar-refractivity contribution is -0.137. The highest BCUT2D eigenvalue weighted by Crippen LogP contribution is 2.37. The van der Waals surface area contributed by atoms with Crippen LogP contribution in [0.2, 0.25) is 0 Å². The Hall–Kier alpha value is -2.55. The van der Waals surface area contributed by atoms with Crippen LogP contribution in [-0.4, -0.2) is 31.0 Å². The van der Waals surface area contributed by atoms with E-state index in [1.165, 1.54) is 21.1 Å². The fourth-order valence-corrected chi connectivity index (χ4v) is 1.51. The highest BCUT2D eigenvalue weighted by molar-refractivity contribution is 6.04. The molecule has 1 aromatic carbocycles. The Bertz CT molecular complexity index is 524. The minimum atomic E-state index is -1.30. The van der Waals surface area contributed by atoms with Gasteiger partial charge in [-0.25, -0.2) is 4.99 Å². The van der Waals surface area contributed by atoms with E-state index in [9.17, 15) is 4.79 Å². The molecule has 1 rings (SSSR count). The number of benzene rings is 1. The van der Waals surface area contributed by atoms with Crippen LogP contribution in [0.15, 0.2) is 23.2 Å². The van der Waals surface area contributed by atoms with Crippen LogP contribution in [0, 0.1) is 17.2 Å². The van der Waals surface area contributed by atoms with Crippen LogP contribution in [0.5, 0.6) is 11.5 Å². The zero-order chi connectivity index (χ0) is 14.4. The molecule has 1 unspecified atom stereocenters. The molecule has 6 heteroatoms. The molecule has 0 aliphatic carbocycles. The summed E-state index contributed by atoms with van der Waals surface area (Å²) < 4.78 is 10.3. The number of para-hydroxylation sites is 1. The topological polar surface area (TPSA) is 91.9 Å². The van der Waals surface area contributed by atoms with Crippen LogP contribution in [0.1, 0.15) is 6.92 Å². The van der Waals surface area contributed by atoms with Crippen molar-refractivity contribution in [2.75, 3.05) is 14.2 Å². The summed E-state index contributed by atoms with van der Waals surface area (Å²) in [5, 5.41) is 17.7. The second kappa shape index (κ2) is 6.40. The third kappa shape index (κ3) is 3.22. The summed E-state index contributed by atoms with van der Waals surface area (Å²) in [5.41, 5.74) is 0.532. The molecule has 0 bridgehead atoms. The molecular weight excluding hydrogens is 248 g/mol. The van der Waals surface area contributed by atoms with Gasteiger partial charge in [0.1, 0.15) is 17.2 Å². The van der Waals surface area contributed by atoms with Crippen LogP contribution in [0.4, 0.5) is 5.69 Å². The van der Waals surface area contributed by atoms with E-state index in [2.05, 4.69) is 4.99 Å². The van der Waals surface area contributed by atoms with Gasteiger partial charge in [0, 0.05) is 5.71 Å². The maximum atomic E-state index is 10.9. The van der Waals surface area contributed by atoms with Gasteiger partial charge in [-0.1, -0.05) is 6.07 Å². The maximum Gasteiger partial charge on any atom is 0.326 e. The third-order valence-electron chi connectivity index (χ3n) is 2.48. The summed E-state index contributed by atoms with van der Waals surface area (Å²) in [4.78, 5) is 15.1. The second-order valence-electron chi connectivity index (χ2n) is 3.66. The van der Waals surface area contributed by atoms with Crippen molar-refractivity contribution >= 4 is 17.4 Å². The van der Waals surface area contributed by atoms with Crippen LogP contribution >= 0.6 is 0 Å². The molecule has 0 saturated heterocycles. The van der Waals surface area contributed by atoms with Crippen molar-refractivity contribution in [1.29, 1.82) is 5.26 Å². The van der Waals surface area contributed by atoms with Crippen LogP contribution < -0.4 is 9.47 Å². The number of hydrogen-bond donors (Lipinski definition) is 1. The molecule has 1 N–H and O–H groups in total. The molecule has 0 saturated carbocycles. The Morgan fingerprint density at radius 2 is 1.89 bits per heavy atom. The number of carboxylic acid groups (broad SMARTS) is 1. The van der Waals surface area contributed by atoms with Crippen molar-refractivity contribution in [3.8, 4) is 17.6 Å². The third-order valence-corrected chi connectivity index (χ3v) is 2.48. The number of methoxy groups -OCH3 is 2. The molecule has 0 amide bonds. The summed E-state index contributed by atoms with van der Waals surface area (Å²) in [5.74, 6) is -1.64. The van der Waals surface area contributed by atoms with Crippen molar-refractivity contribution in [3.05, 3.63) is 18.2 Å². The van der Waals surface area contributed by atoms with E-state index < -0.39 is 11.9 Å². The van der Waals surface area contributed by atoms with Gasteiger partial charge in [0.2, 0.25) is 0 Å². The van der Waals surface area contributed by atoms with Crippen molar-refractivity contribution in [1.82, 2.24) is 0 Å². The van der Waals surface area contributed by atoms with Gasteiger partial charge in [-0.05, 0) is 19.1 Å².